The third-order valence-corrected chi connectivity index (χ3v) is 3.66. The van der Waals surface area contributed by atoms with Gasteiger partial charge >= 0.3 is 0 Å². The van der Waals surface area contributed by atoms with E-state index in [1.807, 2.05) is 25.1 Å². The molecular weight excluding hydrogens is 340 g/mol. The molecule has 0 saturated carbocycles. The monoisotopic (exact) mass is 360 g/mol. The predicted molar refractivity (Wildman–Crippen MR) is 99.3 cm³/mol. The highest BCUT2D eigenvalue weighted by Gasteiger charge is 2.15. The Morgan fingerprint density at radius 1 is 1.12 bits per heavy atom. The molecule has 0 aliphatic carbocycles. The maximum atomic E-state index is 12.5. The van der Waals surface area contributed by atoms with Gasteiger partial charge in [0.15, 0.2) is 6.61 Å². The zero-order valence-corrected chi connectivity index (χ0v) is 14.8. The maximum absolute atomic E-state index is 12.5. The van der Waals surface area contributed by atoms with Crippen LogP contribution in [0.4, 0.5) is 5.69 Å². The van der Waals surface area contributed by atoms with Crippen LogP contribution in [0.25, 0.3) is 0 Å². The highest BCUT2D eigenvalue weighted by atomic mass is 35.5. The Morgan fingerprint density at radius 2 is 1.88 bits per heavy atom. The summed E-state index contributed by atoms with van der Waals surface area (Å²) in [4.78, 5) is 24.3. The summed E-state index contributed by atoms with van der Waals surface area (Å²) in [5.74, 6) is -0.267. The van der Waals surface area contributed by atoms with Crippen molar-refractivity contribution in [3.8, 4) is 5.75 Å². The van der Waals surface area contributed by atoms with Crippen LogP contribution in [-0.4, -0.2) is 25.0 Å². The predicted octanol–water partition coefficient (Wildman–Crippen LogP) is 3.89. The van der Waals surface area contributed by atoms with Gasteiger partial charge in [-0.25, -0.2) is 0 Å². The lowest BCUT2D eigenvalue weighted by Gasteiger charge is -2.12. The van der Waals surface area contributed by atoms with Crippen molar-refractivity contribution in [2.24, 2.45) is 0 Å². The number of ether oxygens (including phenoxy) is 1. The molecule has 25 heavy (non-hydrogen) atoms. The fraction of sp³-hybridized carbons (Fsp3) is 0.263. The third kappa shape index (κ3) is 6.12. The Labute approximate surface area is 152 Å². The summed E-state index contributed by atoms with van der Waals surface area (Å²) in [6.07, 6.45) is 1.92. The van der Waals surface area contributed by atoms with Crippen molar-refractivity contribution in [2.75, 3.05) is 18.5 Å². The van der Waals surface area contributed by atoms with Gasteiger partial charge in [0, 0.05) is 17.3 Å². The number of halogens is 1. The number of hydrogen-bond donors (Lipinski definition) is 2. The van der Waals surface area contributed by atoms with Gasteiger partial charge in [-0.15, -0.1) is 0 Å². The molecule has 2 aromatic rings. The Kier molecular flexibility index (Phi) is 7.29. The van der Waals surface area contributed by atoms with E-state index >= 15 is 0 Å². The number of para-hydroxylation sites is 1. The molecule has 2 N–H and O–H groups in total. The number of nitrogens with one attached hydrogen (secondary N) is 2. The molecule has 0 atom stereocenters. The summed E-state index contributed by atoms with van der Waals surface area (Å²) < 4.78 is 5.51. The van der Waals surface area contributed by atoms with Crippen molar-refractivity contribution in [1.82, 2.24) is 5.32 Å². The van der Waals surface area contributed by atoms with Crippen LogP contribution in [0, 0.1) is 0 Å². The van der Waals surface area contributed by atoms with Crippen LogP contribution in [0.15, 0.2) is 48.5 Å². The fourth-order valence-corrected chi connectivity index (χ4v) is 2.30. The molecule has 0 aliphatic heterocycles. The van der Waals surface area contributed by atoms with Gasteiger partial charge < -0.3 is 15.4 Å². The van der Waals surface area contributed by atoms with Gasteiger partial charge in [0.1, 0.15) is 5.75 Å². The number of hydrogen-bond acceptors (Lipinski definition) is 3. The van der Waals surface area contributed by atoms with Crippen molar-refractivity contribution in [3.63, 3.8) is 0 Å². The SMILES string of the molecule is CCCCNC(=O)COc1ccc(Cl)cc1C(=O)Nc1ccccc1. The van der Waals surface area contributed by atoms with Gasteiger partial charge in [-0.3, -0.25) is 9.59 Å². The van der Waals surface area contributed by atoms with E-state index in [-0.39, 0.29) is 24.0 Å². The second-order valence-corrected chi connectivity index (χ2v) is 5.89. The van der Waals surface area contributed by atoms with Crippen LogP contribution in [0.5, 0.6) is 5.75 Å². The van der Waals surface area contributed by atoms with E-state index < -0.39 is 0 Å². The summed E-state index contributed by atoms with van der Waals surface area (Å²) in [6.45, 7) is 2.51. The van der Waals surface area contributed by atoms with Crippen LogP contribution in [0.3, 0.4) is 0 Å². The number of anilines is 1. The highest BCUT2D eigenvalue weighted by molar-refractivity contribution is 6.31. The number of carbonyl (C=O) groups excluding carboxylic acids is 2. The smallest absolute Gasteiger partial charge is 0.259 e. The largest absolute Gasteiger partial charge is 0.483 e. The summed E-state index contributed by atoms with van der Waals surface area (Å²) >= 11 is 6.00. The molecule has 0 aliphatic rings. The van der Waals surface area contributed by atoms with E-state index in [9.17, 15) is 9.59 Å². The second kappa shape index (κ2) is 9.69. The second-order valence-electron chi connectivity index (χ2n) is 5.45. The van der Waals surface area contributed by atoms with E-state index in [0.29, 0.717) is 23.0 Å². The maximum Gasteiger partial charge on any atom is 0.259 e. The number of rotatable bonds is 8. The molecule has 132 valence electrons. The van der Waals surface area contributed by atoms with Gasteiger partial charge in [0.2, 0.25) is 0 Å². The van der Waals surface area contributed by atoms with Crippen molar-refractivity contribution >= 4 is 29.1 Å². The summed E-state index contributed by atoms with van der Waals surface area (Å²) in [5.41, 5.74) is 0.938. The Bertz CT molecular complexity index is 720. The zero-order chi connectivity index (χ0) is 18.1. The average molecular weight is 361 g/mol. The van der Waals surface area contributed by atoms with Crippen molar-refractivity contribution in [1.29, 1.82) is 0 Å². The number of amides is 2. The van der Waals surface area contributed by atoms with Crippen LogP contribution in [-0.2, 0) is 4.79 Å². The lowest BCUT2D eigenvalue weighted by molar-refractivity contribution is -0.123. The topological polar surface area (TPSA) is 67.4 Å². The minimum Gasteiger partial charge on any atom is -0.483 e. The molecule has 0 bridgehead atoms. The lowest BCUT2D eigenvalue weighted by Crippen LogP contribution is -2.30. The minimum absolute atomic E-state index is 0.156. The first-order valence-corrected chi connectivity index (χ1v) is 8.53. The molecule has 2 amide bonds. The molecule has 0 saturated heterocycles. The normalized spacial score (nSPS) is 10.2. The molecule has 0 radical (unpaired) electrons. The molecule has 0 spiro atoms. The molecule has 2 rings (SSSR count). The van der Waals surface area contributed by atoms with Crippen LogP contribution >= 0.6 is 11.6 Å². The fourth-order valence-electron chi connectivity index (χ4n) is 2.12. The van der Waals surface area contributed by atoms with Gasteiger partial charge in [-0.2, -0.15) is 0 Å². The van der Waals surface area contributed by atoms with Gasteiger partial charge in [-0.1, -0.05) is 43.1 Å². The Hall–Kier alpha value is -2.53. The highest BCUT2D eigenvalue weighted by Crippen LogP contribution is 2.24. The minimum atomic E-state index is -0.352. The van der Waals surface area contributed by atoms with Crippen molar-refractivity contribution < 1.29 is 14.3 Å². The zero-order valence-electron chi connectivity index (χ0n) is 14.0. The third-order valence-electron chi connectivity index (χ3n) is 3.43. The summed E-state index contributed by atoms with van der Waals surface area (Å²) in [6, 6.07) is 13.8. The van der Waals surface area contributed by atoms with Crippen LogP contribution in [0.1, 0.15) is 30.1 Å². The summed E-state index contributed by atoms with van der Waals surface area (Å²) in [7, 11) is 0. The molecule has 0 aromatic heterocycles. The van der Waals surface area contributed by atoms with Crippen LogP contribution < -0.4 is 15.4 Å². The Morgan fingerprint density at radius 3 is 2.60 bits per heavy atom. The van der Waals surface area contributed by atoms with Gasteiger partial charge in [0.05, 0.1) is 5.56 Å². The summed E-state index contributed by atoms with van der Waals surface area (Å²) in [5, 5.41) is 5.96. The molecule has 6 heteroatoms. The first-order valence-electron chi connectivity index (χ1n) is 8.15. The molecule has 0 fully saturated rings. The number of benzene rings is 2. The number of carbonyl (C=O) groups is 2. The molecule has 0 unspecified atom stereocenters. The molecule has 0 heterocycles. The van der Waals surface area contributed by atoms with Crippen molar-refractivity contribution in [2.45, 2.75) is 19.8 Å². The Balaban J connectivity index is 2.04. The van der Waals surface area contributed by atoms with Gasteiger partial charge in [0.25, 0.3) is 11.8 Å². The molecule has 5 nitrogen and oxygen atoms in total. The average Bonchev–Trinajstić information content (AvgIpc) is 2.61. The van der Waals surface area contributed by atoms with Crippen molar-refractivity contribution in [3.05, 3.63) is 59.1 Å². The van der Waals surface area contributed by atoms with E-state index in [1.165, 1.54) is 6.07 Å². The van der Waals surface area contributed by atoms with E-state index in [2.05, 4.69) is 10.6 Å². The van der Waals surface area contributed by atoms with Crippen LogP contribution in [0.2, 0.25) is 5.02 Å². The van der Waals surface area contributed by atoms with E-state index in [0.717, 1.165) is 12.8 Å². The van der Waals surface area contributed by atoms with Gasteiger partial charge in [-0.05, 0) is 36.8 Å². The first kappa shape index (κ1) is 18.8. The van der Waals surface area contributed by atoms with E-state index in [1.54, 1.807) is 24.3 Å². The lowest BCUT2D eigenvalue weighted by atomic mass is 10.2. The van der Waals surface area contributed by atoms with E-state index in [4.69, 9.17) is 16.3 Å². The standard InChI is InChI=1S/C19H21ClN2O3/c1-2-3-11-21-18(23)13-25-17-10-9-14(20)12-16(17)19(24)22-15-7-5-4-6-8-15/h4-10,12H,2-3,11,13H2,1H3,(H,21,23)(H,22,24). The number of unbranched alkanes of at least 4 members (excludes halogenated alkanes) is 1. The molecular formula is C19H21ClN2O3. The quantitative estimate of drug-likeness (QED) is 0.702. The molecule has 2 aromatic carbocycles. The first-order chi connectivity index (χ1) is 12.1.